The number of aryl methyl sites for hydroxylation is 1. The molecule has 0 unspecified atom stereocenters. The molecule has 32 heavy (non-hydrogen) atoms. The molecule has 1 aliphatic rings. The van der Waals surface area contributed by atoms with Crippen molar-refractivity contribution in [2.75, 3.05) is 19.7 Å². The molecule has 0 saturated carbocycles. The quantitative estimate of drug-likeness (QED) is 0.540. The van der Waals surface area contributed by atoms with Crippen molar-refractivity contribution in [3.63, 3.8) is 0 Å². The third-order valence-corrected chi connectivity index (χ3v) is 6.11. The fourth-order valence-corrected chi connectivity index (χ4v) is 4.19. The normalized spacial score (nSPS) is 19.8. The maximum atomic E-state index is 15.2. The number of para-hydroxylation sites is 1. The molecule has 0 amide bonds. The van der Waals surface area contributed by atoms with E-state index in [2.05, 4.69) is 21.8 Å². The molecule has 0 aliphatic carbocycles. The van der Waals surface area contributed by atoms with E-state index in [9.17, 15) is 9.59 Å². The number of esters is 1. The number of H-pyrrole nitrogens is 1. The average Bonchev–Trinajstić information content (AvgIpc) is 3.20. The molecule has 7 heteroatoms. The Morgan fingerprint density at radius 3 is 2.78 bits per heavy atom. The van der Waals surface area contributed by atoms with Crippen LogP contribution in [0.1, 0.15) is 43.6 Å². The van der Waals surface area contributed by atoms with E-state index in [1.807, 2.05) is 36.4 Å². The first kappa shape index (κ1) is 22.1. The lowest BCUT2D eigenvalue weighted by molar-refractivity contribution is -0.148. The van der Waals surface area contributed by atoms with Crippen LogP contribution in [0, 0.1) is 0 Å². The van der Waals surface area contributed by atoms with Gasteiger partial charge in [0.25, 0.3) is 5.56 Å². The Bertz CT molecular complexity index is 1130. The lowest BCUT2D eigenvalue weighted by atomic mass is 10.1. The van der Waals surface area contributed by atoms with E-state index in [4.69, 9.17) is 4.74 Å². The number of ether oxygens (including phenoxy) is 1. The van der Waals surface area contributed by atoms with E-state index in [0.29, 0.717) is 42.5 Å². The standard InChI is InChI=1S/C25H28FN3O3/c1-18(19-8-3-2-4-9-19)29-15-14-25(26,16-29)17-32-23(30)13-7-12-22-27-21-11-6-5-10-20(21)24(31)28-22/h2-6,8-11,18H,7,12-17H2,1H3,(H,27,28,31)/t18-,25-/m1/s1. The number of carbonyl (C=O) groups is 1. The van der Waals surface area contributed by atoms with E-state index in [1.165, 1.54) is 0 Å². The highest BCUT2D eigenvalue weighted by molar-refractivity contribution is 5.77. The molecule has 3 aromatic rings. The van der Waals surface area contributed by atoms with Crippen LogP contribution in [0.3, 0.4) is 0 Å². The number of nitrogens with zero attached hydrogens (tertiary/aromatic N) is 2. The van der Waals surface area contributed by atoms with Gasteiger partial charge < -0.3 is 9.72 Å². The monoisotopic (exact) mass is 437 g/mol. The number of hydrogen-bond acceptors (Lipinski definition) is 5. The van der Waals surface area contributed by atoms with Crippen molar-refractivity contribution in [3.05, 3.63) is 76.3 Å². The predicted molar refractivity (Wildman–Crippen MR) is 121 cm³/mol. The second kappa shape index (κ2) is 9.61. The molecule has 1 N–H and O–H groups in total. The zero-order chi connectivity index (χ0) is 22.6. The van der Waals surface area contributed by atoms with Gasteiger partial charge in [0.05, 0.1) is 10.9 Å². The number of nitrogens with one attached hydrogen (secondary N) is 1. The molecule has 0 spiro atoms. The molecular weight excluding hydrogens is 409 g/mol. The number of aromatic amines is 1. The van der Waals surface area contributed by atoms with Gasteiger partial charge >= 0.3 is 5.97 Å². The fourth-order valence-electron chi connectivity index (χ4n) is 4.19. The summed E-state index contributed by atoms with van der Waals surface area (Å²) in [6, 6.07) is 17.2. The van der Waals surface area contributed by atoms with Gasteiger partial charge in [-0.05, 0) is 37.5 Å². The van der Waals surface area contributed by atoms with Gasteiger partial charge in [0, 0.05) is 32.0 Å². The summed E-state index contributed by atoms with van der Waals surface area (Å²) in [6.07, 6.45) is 1.41. The van der Waals surface area contributed by atoms with Gasteiger partial charge in [-0.1, -0.05) is 42.5 Å². The minimum Gasteiger partial charge on any atom is -0.462 e. The first-order valence-electron chi connectivity index (χ1n) is 11.0. The molecule has 1 aliphatic heterocycles. The Hall–Kier alpha value is -3.06. The Kier molecular flexibility index (Phi) is 6.65. The van der Waals surface area contributed by atoms with Crippen molar-refractivity contribution in [2.24, 2.45) is 0 Å². The van der Waals surface area contributed by atoms with Crippen molar-refractivity contribution in [2.45, 2.75) is 44.3 Å². The zero-order valence-electron chi connectivity index (χ0n) is 18.2. The first-order valence-corrected chi connectivity index (χ1v) is 11.0. The fraction of sp³-hybridized carbons (Fsp3) is 0.400. The predicted octanol–water partition coefficient (Wildman–Crippen LogP) is 3.96. The van der Waals surface area contributed by atoms with Crippen LogP contribution >= 0.6 is 0 Å². The zero-order valence-corrected chi connectivity index (χ0v) is 18.2. The van der Waals surface area contributed by atoms with Gasteiger partial charge in [0.1, 0.15) is 12.4 Å². The summed E-state index contributed by atoms with van der Waals surface area (Å²) >= 11 is 0. The lowest BCUT2D eigenvalue weighted by Crippen LogP contribution is -2.35. The van der Waals surface area contributed by atoms with Crippen LogP contribution in [0.2, 0.25) is 0 Å². The first-order chi connectivity index (χ1) is 15.4. The molecule has 1 saturated heterocycles. The van der Waals surface area contributed by atoms with Gasteiger partial charge in [-0.15, -0.1) is 0 Å². The van der Waals surface area contributed by atoms with Gasteiger partial charge in [0.2, 0.25) is 0 Å². The van der Waals surface area contributed by atoms with Crippen molar-refractivity contribution in [1.82, 2.24) is 14.9 Å². The summed E-state index contributed by atoms with van der Waals surface area (Å²) in [7, 11) is 0. The van der Waals surface area contributed by atoms with Gasteiger partial charge in [-0.2, -0.15) is 0 Å². The number of benzene rings is 2. The van der Waals surface area contributed by atoms with E-state index in [-0.39, 0.29) is 31.2 Å². The van der Waals surface area contributed by atoms with Crippen LogP contribution in [0.25, 0.3) is 10.9 Å². The molecular formula is C25H28FN3O3. The lowest BCUT2D eigenvalue weighted by Gasteiger charge is -2.26. The van der Waals surface area contributed by atoms with Crippen LogP contribution in [-0.2, 0) is 16.0 Å². The Balaban J connectivity index is 1.23. The highest BCUT2D eigenvalue weighted by atomic mass is 19.1. The maximum Gasteiger partial charge on any atom is 0.305 e. The summed E-state index contributed by atoms with van der Waals surface area (Å²) < 4.78 is 20.5. The Morgan fingerprint density at radius 2 is 1.97 bits per heavy atom. The summed E-state index contributed by atoms with van der Waals surface area (Å²) in [5.41, 5.74) is 0.0602. The second-order valence-electron chi connectivity index (χ2n) is 8.50. The molecule has 2 heterocycles. The van der Waals surface area contributed by atoms with Gasteiger partial charge in [-0.3, -0.25) is 14.5 Å². The number of hydrogen-bond donors (Lipinski definition) is 1. The summed E-state index contributed by atoms with van der Waals surface area (Å²) in [6.45, 7) is 2.72. The topological polar surface area (TPSA) is 75.3 Å². The van der Waals surface area contributed by atoms with E-state index < -0.39 is 11.6 Å². The SMILES string of the molecule is C[C@H](c1ccccc1)N1CC[C@](F)(COC(=O)CCCc2nc3ccccc3c(=O)[nH]2)C1. The van der Waals surface area contributed by atoms with Crippen LogP contribution in [-0.4, -0.2) is 46.2 Å². The Morgan fingerprint density at radius 1 is 1.22 bits per heavy atom. The molecule has 2 atom stereocenters. The molecule has 6 nitrogen and oxygen atoms in total. The summed E-state index contributed by atoms with van der Waals surface area (Å²) in [5.74, 6) is 0.101. The van der Waals surface area contributed by atoms with Crippen LogP contribution in [0.4, 0.5) is 4.39 Å². The van der Waals surface area contributed by atoms with E-state index in [1.54, 1.807) is 18.2 Å². The van der Waals surface area contributed by atoms with Crippen molar-refractivity contribution >= 4 is 16.9 Å². The number of halogens is 1. The van der Waals surface area contributed by atoms with Crippen molar-refractivity contribution in [3.8, 4) is 0 Å². The number of rotatable bonds is 8. The van der Waals surface area contributed by atoms with E-state index in [0.717, 1.165) is 5.56 Å². The number of carbonyl (C=O) groups excluding carboxylic acids is 1. The highest BCUT2D eigenvalue weighted by Gasteiger charge is 2.41. The van der Waals surface area contributed by atoms with Crippen molar-refractivity contribution < 1.29 is 13.9 Å². The van der Waals surface area contributed by atoms with Gasteiger partial charge in [-0.25, -0.2) is 9.37 Å². The number of aromatic nitrogens is 2. The minimum atomic E-state index is -1.52. The van der Waals surface area contributed by atoms with Gasteiger partial charge in [0.15, 0.2) is 5.67 Å². The number of fused-ring (bicyclic) bond motifs is 1. The number of alkyl halides is 1. The number of likely N-dealkylation sites (tertiary alicyclic amines) is 1. The maximum absolute atomic E-state index is 15.2. The third kappa shape index (κ3) is 5.22. The van der Waals surface area contributed by atoms with Crippen LogP contribution < -0.4 is 5.56 Å². The molecule has 0 bridgehead atoms. The summed E-state index contributed by atoms with van der Waals surface area (Å²) in [4.78, 5) is 33.5. The molecule has 2 aromatic carbocycles. The molecule has 0 radical (unpaired) electrons. The molecule has 4 rings (SSSR count). The summed E-state index contributed by atoms with van der Waals surface area (Å²) in [5, 5.41) is 0.538. The Labute approximate surface area is 186 Å². The van der Waals surface area contributed by atoms with Crippen LogP contribution in [0.15, 0.2) is 59.4 Å². The smallest absolute Gasteiger partial charge is 0.305 e. The van der Waals surface area contributed by atoms with Crippen molar-refractivity contribution in [1.29, 1.82) is 0 Å². The highest BCUT2D eigenvalue weighted by Crippen LogP contribution is 2.32. The minimum absolute atomic E-state index is 0.112. The third-order valence-electron chi connectivity index (χ3n) is 6.11. The van der Waals surface area contributed by atoms with Crippen LogP contribution in [0.5, 0.6) is 0 Å². The average molecular weight is 438 g/mol. The molecule has 1 fully saturated rings. The van der Waals surface area contributed by atoms with E-state index >= 15 is 4.39 Å². The molecule has 168 valence electrons. The second-order valence-corrected chi connectivity index (χ2v) is 8.50. The largest absolute Gasteiger partial charge is 0.462 e. The molecule has 1 aromatic heterocycles.